The third-order valence-corrected chi connectivity index (χ3v) is 8.44. The number of carbonyl (C=O) groups is 2. The number of hydrogen-bond donors (Lipinski definition) is 4. The van der Waals surface area contributed by atoms with Crippen LogP contribution in [0.2, 0.25) is 0 Å². The van der Waals surface area contributed by atoms with Crippen LogP contribution in [0.1, 0.15) is 91.9 Å². The Morgan fingerprint density at radius 2 is 1.61 bits per heavy atom. The summed E-state index contributed by atoms with van der Waals surface area (Å²) in [6, 6.07) is 0. The maximum Gasteiger partial charge on any atom is 0.239 e. The minimum atomic E-state index is -0.0594. The Labute approximate surface area is 217 Å². The number of rotatable bonds is 13. The molecule has 0 bridgehead atoms. The lowest BCUT2D eigenvalue weighted by molar-refractivity contribution is -0.141. The second-order valence-electron chi connectivity index (χ2n) is 11.7. The summed E-state index contributed by atoms with van der Waals surface area (Å²) in [7, 11) is 0. The lowest BCUT2D eigenvalue weighted by atomic mass is 9.61. The largest absolute Gasteiger partial charge is 0.378 e. The number of nitrogens with one attached hydrogen (secondary N) is 4. The fourth-order valence-corrected chi connectivity index (χ4v) is 6.58. The van der Waals surface area contributed by atoms with E-state index in [1.54, 1.807) is 0 Å². The van der Waals surface area contributed by atoms with Crippen molar-refractivity contribution in [1.29, 1.82) is 0 Å². The average Bonchev–Trinajstić information content (AvgIpc) is 2.86. The molecule has 0 spiro atoms. The fourth-order valence-electron chi connectivity index (χ4n) is 6.58. The van der Waals surface area contributed by atoms with Gasteiger partial charge in [0.2, 0.25) is 11.8 Å². The summed E-state index contributed by atoms with van der Waals surface area (Å²) in [5, 5.41) is 0. The van der Waals surface area contributed by atoms with Gasteiger partial charge in [-0.1, -0.05) is 33.6 Å². The third kappa shape index (κ3) is 8.94. The standard InChI is InChI=1S/C27H50N4O5/c1-5-35-30-29-27(33)25-11-10-20(23-8-6-7-9-24(23)25)17-36-31-28-26(32)21-14-19(4)15-22(16-21)34-13-12-18(2)3/h18-25,30-31H,5-17H2,1-4H3,(H,28,32)(H,29,33). The molecule has 0 heterocycles. The first-order valence-corrected chi connectivity index (χ1v) is 14.3. The summed E-state index contributed by atoms with van der Waals surface area (Å²) < 4.78 is 6.08. The van der Waals surface area contributed by atoms with Crippen LogP contribution in [0.3, 0.4) is 0 Å². The molecule has 3 fully saturated rings. The number of hydrazine groups is 2. The van der Waals surface area contributed by atoms with E-state index in [0.29, 0.717) is 42.8 Å². The van der Waals surface area contributed by atoms with Crippen LogP contribution >= 0.6 is 0 Å². The Hall–Kier alpha value is -1.26. The zero-order valence-corrected chi connectivity index (χ0v) is 22.9. The summed E-state index contributed by atoms with van der Waals surface area (Å²) >= 11 is 0. The lowest BCUT2D eigenvalue weighted by Crippen LogP contribution is -2.49. The van der Waals surface area contributed by atoms with Crippen molar-refractivity contribution in [2.75, 3.05) is 19.8 Å². The van der Waals surface area contributed by atoms with Gasteiger partial charge < -0.3 is 4.74 Å². The smallest absolute Gasteiger partial charge is 0.239 e. The highest BCUT2D eigenvalue weighted by atomic mass is 16.7. The number of carbonyl (C=O) groups excluding carboxylic acids is 2. The molecule has 4 N–H and O–H groups in total. The first kappa shape index (κ1) is 29.3. The van der Waals surface area contributed by atoms with Crippen molar-refractivity contribution in [2.24, 2.45) is 41.4 Å². The minimum absolute atomic E-state index is 0.0103. The van der Waals surface area contributed by atoms with Gasteiger partial charge in [-0.3, -0.25) is 30.1 Å². The molecule has 0 aliphatic heterocycles. The van der Waals surface area contributed by atoms with E-state index >= 15 is 0 Å². The number of fused-ring (bicyclic) bond motifs is 1. The fraction of sp³-hybridized carbons (Fsp3) is 0.926. The van der Waals surface area contributed by atoms with Gasteiger partial charge in [0.05, 0.1) is 19.3 Å². The molecular weight excluding hydrogens is 460 g/mol. The molecule has 2 amide bonds. The zero-order chi connectivity index (χ0) is 25.9. The monoisotopic (exact) mass is 510 g/mol. The highest BCUT2D eigenvalue weighted by Gasteiger charge is 2.43. The maximum atomic E-state index is 12.8. The van der Waals surface area contributed by atoms with E-state index in [9.17, 15) is 9.59 Å². The van der Waals surface area contributed by atoms with Crippen LogP contribution in [0.5, 0.6) is 0 Å². The summed E-state index contributed by atoms with van der Waals surface area (Å²) in [5.74, 6) is 2.28. The Kier molecular flexibility index (Phi) is 12.4. The van der Waals surface area contributed by atoms with Gasteiger partial charge in [-0.2, -0.15) is 0 Å². The quantitative estimate of drug-likeness (QED) is 0.220. The molecule has 0 aromatic carbocycles. The van der Waals surface area contributed by atoms with Gasteiger partial charge in [-0.15, -0.1) is 11.2 Å². The second kappa shape index (κ2) is 15.2. The molecule has 3 rings (SSSR count). The lowest BCUT2D eigenvalue weighted by Gasteiger charge is -2.45. The molecule has 3 saturated carbocycles. The van der Waals surface area contributed by atoms with E-state index in [-0.39, 0.29) is 29.8 Å². The van der Waals surface area contributed by atoms with Crippen molar-refractivity contribution in [1.82, 2.24) is 22.0 Å². The van der Waals surface area contributed by atoms with E-state index in [1.165, 1.54) is 12.8 Å². The van der Waals surface area contributed by atoms with Crippen molar-refractivity contribution in [3.8, 4) is 0 Å². The van der Waals surface area contributed by atoms with Gasteiger partial charge in [0.15, 0.2) is 0 Å². The Balaban J connectivity index is 1.40. The summed E-state index contributed by atoms with van der Waals surface area (Å²) in [6.45, 7) is 10.3. The number of ether oxygens (including phenoxy) is 1. The van der Waals surface area contributed by atoms with E-state index in [1.807, 2.05) is 6.92 Å². The van der Waals surface area contributed by atoms with Crippen molar-refractivity contribution in [3.63, 3.8) is 0 Å². The van der Waals surface area contributed by atoms with Crippen LogP contribution in [-0.4, -0.2) is 37.7 Å². The van der Waals surface area contributed by atoms with Crippen LogP contribution in [0.25, 0.3) is 0 Å². The maximum absolute atomic E-state index is 12.8. The molecule has 0 aromatic rings. The van der Waals surface area contributed by atoms with Crippen LogP contribution < -0.4 is 22.0 Å². The van der Waals surface area contributed by atoms with Gasteiger partial charge >= 0.3 is 0 Å². The molecule has 9 heteroatoms. The number of hydrogen-bond acceptors (Lipinski definition) is 7. The number of amides is 2. The van der Waals surface area contributed by atoms with Crippen molar-refractivity contribution >= 4 is 11.8 Å². The SMILES string of the molecule is CCONNC(=O)C1CCC(CONNC(=O)C2CC(C)CC(OCCC(C)C)C2)C2CCCCC12. The molecule has 9 nitrogen and oxygen atoms in total. The van der Waals surface area contributed by atoms with Gasteiger partial charge in [0.1, 0.15) is 0 Å². The van der Waals surface area contributed by atoms with Gasteiger partial charge in [-0.05, 0) is 87.9 Å². The second-order valence-corrected chi connectivity index (χ2v) is 11.7. The molecule has 7 unspecified atom stereocenters. The minimum Gasteiger partial charge on any atom is -0.378 e. The topological polar surface area (TPSA) is 110 Å². The van der Waals surface area contributed by atoms with Crippen LogP contribution in [0, 0.1) is 41.4 Å². The third-order valence-electron chi connectivity index (χ3n) is 8.44. The van der Waals surface area contributed by atoms with Gasteiger partial charge in [-0.25, -0.2) is 0 Å². The first-order valence-electron chi connectivity index (χ1n) is 14.3. The van der Waals surface area contributed by atoms with E-state index in [0.717, 1.165) is 58.0 Å². The molecule has 7 atom stereocenters. The Morgan fingerprint density at radius 1 is 0.889 bits per heavy atom. The summed E-state index contributed by atoms with van der Waals surface area (Å²) in [4.78, 5) is 36.3. The normalized spacial score (nSPS) is 32.6. The van der Waals surface area contributed by atoms with Crippen LogP contribution in [0.4, 0.5) is 0 Å². The Bertz CT molecular complexity index is 679. The predicted octanol–water partition coefficient (Wildman–Crippen LogP) is 3.81. The molecule has 3 aliphatic rings. The zero-order valence-electron chi connectivity index (χ0n) is 22.9. The average molecular weight is 511 g/mol. The molecular formula is C27H50N4O5. The van der Waals surface area contributed by atoms with Crippen molar-refractivity contribution in [2.45, 2.75) is 98.0 Å². The molecule has 36 heavy (non-hydrogen) atoms. The van der Waals surface area contributed by atoms with E-state index in [4.69, 9.17) is 14.4 Å². The Morgan fingerprint density at radius 3 is 2.36 bits per heavy atom. The summed E-state index contributed by atoms with van der Waals surface area (Å²) in [6.07, 6.45) is 10.3. The van der Waals surface area contributed by atoms with Crippen LogP contribution in [0.15, 0.2) is 0 Å². The van der Waals surface area contributed by atoms with Crippen molar-refractivity contribution in [3.05, 3.63) is 0 Å². The predicted molar refractivity (Wildman–Crippen MR) is 137 cm³/mol. The first-order chi connectivity index (χ1) is 17.4. The molecule has 208 valence electrons. The van der Waals surface area contributed by atoms with Crippen LogP contribution in [-0.2, 0) is 24.0 Å². The summed E-state index contributed by atoms with van der Waals surface area (Å²) in [5.41, 5.74) is 10.8. The highest BCUT2D eigenvalue weighted by Crippen LogP contribution is 2.47. The van der Waals surface area contributed by atoms with E-state index in [2.05, 4.69) is 42.8 Å². The van der Waals surface area contributed by atoms with Gasteiger partial charge in [0, 0.05) is 18.4 Å². The molecule has 0 radical (unpaired) electrons. The van der Waals surface area contributed by atoms with E-state index < -0.39 is 0 Å². The highest BCUT2D eigenvalue weighted by molar-refractivity contribution is 5.78. The molecule has 0 aromatic heterocycles. The van der Waals surface area contributed by atoms with Gasteiger partial charge in [0.25, 0.3) is 0 Å². The van der Waals surface area contributed by atoms with Crippen molar-refractivity contribution < 1.29 is 24.0 Å². The molecule has 0 saturated heterocycles. The molecule has 3 aliphatic carbocycles.